The molecule has 2 fully saturated rings. The molecular formula is C13H21N3O3. The molecule has 1 saturated carbocycles. The largest absolute Gasteiger partial charge is 0.353 e. The minimum absolute atomic E-state index is 0.0345. The van der Waals surface area contributed by atoms with Crippen molar-refractivity contribution >= 4 is 17.8 Å². The number of hydrogen-bond donors (Lipinski definition) is 3. The van der Waals surface area contributed by atoms with Crippen LogP contribution in [0.2, 0.25) is 0 Å². The first kappa shape index (κ1) is 13.8. The highest BCUT2D eigenvalue weighted by molar-refractivity contribution is 6.04. The highest BCUT2D eigenvalue weighted by Gasteiger charge is 2.30. The molecule has 3 atom stereocenters. The van der Waals surface area contributed by atoms with Gasteiger partial charge in [-0.05, 0) is 25.2 Å². The molecule has 106 valence electrons. The number of nitrogens with one attached hydrogen (secondary N) is 3. The molecule has 1 aliphatic heterocycles. The fourth-order valence-electron chi connectivity index (χ4n) is 2.75. The van der Waals surface area contributed by atoms with E-state index in [0.717, 1.165) is 19.3 Å². The van der Waals surface area contributed by atoms with E-state index in [1.54, 1.807) is 0 Å². The lowest BCUT2D eigenvalue weighted by Crippen LogP contribution is -2.41. The predicted molar refractivity (Wildman–Crippen MR) is 69.3 cm³/mol. The molecule has 0 unspecified atom stereocenters. The number of carbonyl (C=O) groups is 3. The summed E-state index contributed by atoms with van der Waals surface area (Å²) in [5.74, 6) is 0.142. The summed E-state index contributed by atoms with van der Waals surface area (Å²) in [6.45, 7) is 2.16. The smallest absolute Gasteiger partial charge is 0.322 e. The highest BCUT2D eigenvalue weighted by Crippen LogP contribution is 2.23. The zero-order valence-corrected chi connectivity index (χ0v) is 11.2. The fourth-order valence-corrected chi connectivity index (χ4v) is 2.75. The Labute approximate surface area is 112 Å². The molecule has 6 nitrogen and oxygen atoms in total. The molecule has 0 aromatic rings. The molecule has 4 amide bonds. The Morgan fingerprint density at radius 2 is 2.05 bits per heavy atom. The number of rotatable bonds is 4. The molecule has 3 N–H and O–H groups in total. The zero-order valence-electron chi connectivity index (χ0n) is 11.2. The molecule has 0 aromatic heterocycles. The summed E-state index contributed by atoms with van der Waals surface area (Å²) in [6.07, 6.45) is 5.21. The Morgan fingerprint density at radius 3 is 2.68 bits per heavy atom. The van der Waals surface area contributed by atoms with E-state index in [9.17, 15) is 14.4 Å². The lowest BCUT2D eigenvalue weighted by Gasteiger charge is -2.29. The van der Waals surface area contributed by atoms with E-state index >= 15 is 0 Å². The van der Waals surface area contributed by atoms with Crippen LogP contribution in [0.4, 0.5) is 4.79 Å². The number of amides is 4. The van der Waals surface area contributed by atoms with E-state index in [1.807, 2.05) is 0 Å². The zero-order chi connectivity index (χ0) is 13.8. The maximum Gasteiger partial charge on any atom is 0.322 e. The van der Waals surface area contributed by atoms with E-state index in [0.29, 0.717) is 12.3 Å². The Morgan fingerprint density at radius 1 is 1.32 bits per heavy atom. The van der Waals surface area contributed by atoms with Crippen LogP contribution >= 0.6 is 0 Å². The molecule has 1 saturated heterocycles. The second-order valence-electron chi connectivity index (χ2n) is 5.49. The number of hydrogen-bond acceptors (Lipinski definition) is 3. The van der Waals surface area contributed by atoms with Gasteiger partial charge in [0.1, 0.15) is 6.04 Å². The Balaban J connectivity index is 1.72. The highest BCUT2D eigenvalue weighted by atomic mass is 16.2. The summed E-state index contributed by atoms with van der Waals surface area (Å²) >= 11 is 0. The summed E-state index contributed by atoms with van der Waals surface area (Å²) in [4.78, 5) is 34.1. The number of imide groups is 1. The third-order valence-corrected chi connectivity index (χ3v) is 3.98. The molecule has 2 rings (SSSR count). The Bertz CT molecular complexity index is 383. The quantitative estimate of drug-likeness (QED) is 0.654. The van der Waals surface area contributed by atoms with Crippen molar-refractivity contribution in [2.24, 2.45) is 5.92 Å². The van der Waals surface area contributed by atoms with Gasteiger partial charge in [-0.25, -0.2) is 4.79 Å². The van der Waals surface area contributed by atoms with Crippen LogP contribution in [0.15, 0.2) is 0 Å². The van der Waals surface area contributed by atoms with Crippen molar-refractivity contribution < 1.29 is 14.4 Å². The molecule has 6 heteroatoms. The van der Waals surface area contributed by atoms with Crippen LogP contribution in [0.1, 0.15) is 45.4 Å². The summed E-state index contributed by atoms with van der Waals surface area (Å²) < 4.78 is 0. The van der Waals surface area contributed by atoms with Gasteiger partial charge in [-0.1, -0.05) is 19.8 Å². The first-order valence-electron chi connectivity index (χ1n) is 6.97. The second-order valence-corrected chi connectivity index (χ2v) is 5.49. The van der Waals surface area contributed by atoms with Crippen molar-refractivity contribution in [1.29, 1.82) is 0 Å². The molecule has 0 radical (unpaired) electrons. The van der Waals surface area contributed by atoms with Gasteiger partial charge in [0.25, 0.3) is 5.91 Å². The maximum absolute atomic E-state index is 11.8. The van der Waals surface area contributed by atoms with Gasteiger partial charge in [0.15, 0.2) is 0 Å². The third-order valence-electron chi connectivity index (χ3n) is 3.98. The van der Waals surface area contributed by atoms with Gasteiger partial charge in [-0.15, -0.1) is 0 Å². The van der Waals surface area contributed by atoms with Gasteiger partial charge < -0.3 is 10.6 Å². The van der Waals surface area contributed by atoms with Crippen LogP contribution in [0.25, 0.3) is 0 Å². The summed E-state index contributed by atoms with van der Waals surface area (Å²) in [5, 5.41) is 7.69. The fraction of sp³-hybridized carbons (Fsp3) is 0.769. The summed E-state index contributed by atoms with van der Waals surface area (Å²) in [5.41, 5.74) is 0. The van der Waals surface area contributed by atoms with E-state index in [-0.39, 0.29) is 24.3 Å². The lowest BCUT2D eigenvalue weighted by molar-refractivity contribution is -0.123. The summed E-state index contributed by atoms with van der Waals surface area (Å²) in [7, 11) is 0. The van der Waals surface area contributed by atoms with Gasteiger partial charge >= 0.3 is 6.03 Å². The van der Waals surface area contributed by atoms with Crippen molar-refractivity contribution in [2.75, 3.05) is 0 Å². The average molecular weight is 267 g/mol. The first-order valence-corrected chi connectivity index (χ1v) is 6.97. The molecule has 0 bridgehead atoms. The SMILES string of the molecule is C[C@@H]1CCCC[C@H]1NC(=O)CC[C@H]1NC(=O)NC1=O. The van der Waals surface area contributed by atoms with Crippen LogP contribution in [0.3, 0.4) is 0 Å². The van der Waals surface area contributed by atoms with E-state index in [1.165, 1.54) is 6.42 Å². The van der Waals surface area contributed by atoms with Gasteiger partial charge in [-0.3, -0.25) is 14.9 Å². The van der Waals surface area contributed by atoms with Crippen molar-refractivity contribution in [2.45, 2.75) is 57.5 Å². The molecular weight excluding hydrogens is 246 g/mol. The van der Waals surface area contributed by atoms with Gasteiger partial charge in [-0.2, -0.15) is 0 Å². The topological polar surface area (TPSA) is 87.3 Å². The van der Waals surface area contributed by atoms with Gasteiger partial charge in [0, 0.05) is 12.5 Å². The Kier molecular flexibility index (Phi) is 4.39. The molecule has 19 heavy (non-hydrogen) atoms. The van der Waals surface area contributed by atoms with E-state index < -0.39 is 12.1 Å². The van der Waals surface area contributed by atoms with Crippen LogP contribution in [-0.2, 0) is 9.59 Å². The van der Waals surface area contributed by atoms with Crippen LogP contribution in [0.5, 0.6) is 0 Å². The average Bonchev–Trinajstić information content (AvgIpc) is 2.68. The molecule has 1 aliphatic carbocycles. The van der Waals surface area contributed by atoms with E-state index in [4.69, 9.17) is 0 Å². The molecule has 0 aromatic carbocycles. The van der Waals surface area contributed by atoms with Crippen LogP contribution < -0.4 is 16.0 Å². The van der Waals surface area contributed by atoms with Crippen molar-refractivity contribution in [3.05, 3.63) is 0 Å². The molecule has 0 spiro atoms. The van der Waals surface area contributed by atoms with Gasteiger partial charge in [0.05, 0.1) is 0 Å². The van der Waals surface area contributed by atoms with Crippen LogP contribution in [0, 0.1) is 5.92 Å². The van der Waals surface area contributed by atoms with Gasteiger partial charge in [0.2, 0.25) is 5.91 Å². The first-order chi connectivity index (χ1) is 9.06. The lowest BCUT2D eigenvalue weighted by atomic mass is 9.86. The monoisotopic (exact) mass is 267 g/mol. The minimum Gasteiger partial charge on any atom is -0.353 e. The normalized spacial score (nSPS) is 30.7. The van der Waals surface area contributed by atoms with Crippen molar-refractivity contribution in [1.82, 2.24) is 16.0 Å². The predicted octanol–water partition coefficient (Wildman–Crippen LogP) is 0.670. The Hall–Kier alpha value is -1.59. The maximum atomic E-state index is 11.8. The summed E-state index contributed by atoms with van der Waals surface area (Å²) in [6, 6.07) is -0.786. The number of carbonyl (C=O) groups excluding carboxylic acids is 3. The molecule has 1 heterocycles. The molecule has 2 aliphatic rings. The third kappa shape index (κ3) is 3.68. The standard InChI is InChI=1S/C13H21N3O3/c1-8-4-2-3-5-9(8)14-11(17)7-6-10-12(18)16-13(19)15-10/h8-10H,2-7H2,1H3,(H,14,17)(H2,15,16,18,19)/t8-,9-,10-/m1/s1. The van der Waals surface area contributed by atoms with Crippen LogP contribution in [-0.4, -0.2) is 29.9 Å². The van der Waals surface area contributed by atoms with Crippen molar-refractivity contribution in [3.63, 3.8) is 0 Å². The number of urea groups is 1. The van der Waals surface area contributed by atoms with Crippen molar-refractivity contribution in [3.8, 4) is 0 Å². The minimum atomic E-state index is -0.568. The van der Waals surface area contributed by atoms with E-state index in [2.05, 4.69) is 22.9 Å². The second kappa shape index (κ2) is 6.04.